The summed E-state index contributed by atoms with van der Waals surface area (Å²) < 4.78 is 25.1. The first-order chi connectivity index (χ1) is 11.3. The van der Waals surface area contributed by atoms with E-state index in [0.29, 0.717) is 11.3 Å². The first-order valence-corrected chi connectivity index (χ1v) is 8.73. The monoisotopic (exact) mass is 343 g/mol. The Kier molecular flexibility index (Phi) is 3.81. The van der Waals surface area contributed by atoms with Crippen molar-refractivity contribution in [1.29, 1.82) is 0 Å². The molecule has 7 heteroatoms. The molecule has 6 nitrogen and oxygen atoms in total. The quantitative estimate of drug-likeness (QED) is 0.883. The molecule has 0 saturated heterocycles. The van der Waals surface area contributed by atoms with Gasteiger partial charge in [-0.2, -0.15) is 0 Å². The molecule has 2 aromatic carbocycles. The molecule has 1 aliphatic rings. The molecule has 3 N–H and O–H groups in total. The summed E-state index contributed by atoms with van der Waals surface area (Å²) in [6.45, 7) is 0. The summed E-state index contributed by atoms with van der Waals surface area (Å²) in [6.07, 6.45) is 0. The lowest BCUT2D eigenvalue weighted by Gasteiger charge is -2.14. The Morgan fingerprint density at radius 1 is 1.04 bits per heavy atom. The number of anilines is 2. The van der Waals surface area contributed by atoms with Crippen molar-refractivity contribution >= 4 is 32.8 Å². The minimum absolute atomic E-state index is 0.0891. The van der Waals surface area contributed by atoms with Crippen LogP contribution in [0, 0.1) is 0 Å². The number of nitrogens with zero attached hydrogens (tertiary/aromatic N) is 1. The van der Waals surface area contributed by atoms with Gasteiger partial charge < -0.3 is 16.0 Å². The molecule has 0 radical (unpaired) electrons. The van der Waals surface area contributed by atoms with E-state index in [1.807, 2.05) is 43.3 Å². The third kappa shape index (κ3) is 2.52. The largest absolute Gasteiger partial charge is 0.378 e. The van der Waals surface area contributed by atoms with E-state index in [2.05, 4.69) is 5.32 Å². The highest BCUT2D eigenvalue weighted by Gasteiger charge is 2.38. The second kappa shape index (κ2) is 5.68. The molecule has 1 aliphatic heterocycles. The molecular weight excluding hydrogens is 326 g/mol. The van der Waals surface area contributed by atoms with E-state index in [1.54, 1.807) is 18.2 Å². The maximum absolute atomic E-state index is 12.6. The zero-order valence-corrected chi connectivity index (χ0v) is 14.1. The van der Waals surface area contributed by atoms with Gasteiger partial charge in [0.25, 0.3) is 5.91 Å². The second-order valence-corrected chi connectivity index (χ2v) is 7.49. The van der Waals surface area contributed by atoms with Crippen molar-refractivity contribution in [2.45, 2.75) is 4.90 Å². The van der Waals surface area contributed by atoms with Crippen LogP contribution in [0.3, 0.4) is 0 Å². The molecule has 2 aromatic rings. The van der Waals surface area contributed by atoms with Crippen molar-refractivity contribution in [3.05, 3.63) is 59.0 Å². The van der Waals surface area contributed by atoms with E-state index in [1.165, 1.54) is 6.07 Å². The van der Waals surface area contributed by atoms with E-state index in [9.17, 15) is 13.2 Å². The molecule has 1 amide bonds. The van der Waals surface area contributed by atoms with Crippen LogP contribution in [-0.2, 0) is 14.6 Å². The summed E-state index contributed by atoms with van der Waals surface area (Å²) in [4.78, 5) is 13.4. The summed E-state index contributed by atoms with van der Waals surface area (Å²) in [5.41, 5.74) is 7.68. The van der Waals surface area contributed by atoms with Crippen LogP contribution < -0.4 is 16.0 Å². The van der Waals surface area contributed by atoms with Gasteiger partial charge in [-0.15, -0.1) is 0 Å². The maximum atomic E-state index is 12.6. The molecule has 0 fully saturated rings. The van der Waals surface area contributed by atoms with Gasteiger partial charge in [-0.1, -0.05) is 18.2 Å². The molecule has 0 bridgehead atoms. The molecule has 0 saturated carbocycles. The topological polar surface area (TPSA) is 92.5 Å². The second-order valence-electron chi connectivity index (χ2n) is 5.63. The molecular formula is C17H17N3O3S. The van der Waals surface area contributed by atoms with Crippen molar-refractivity contribution in [2.24, 2.45) is 5.73 Å². The zero-order valence-electron chi connectivity index (χ0n) is 13.3. The molecule has 3 rings (SSSR count). The highest BCUT2D eigenvalue weighted by atomic mass is 32.2. The molecule has 0 aliphatic carbocycles. The summed E-state index contributed by atoms with van der Waals surface area (Å²) >= 11 is 0. The van der Waals surface area contributed by atoms with Gasteiger partial charge in [-0.05, 0) is 30.3 Å². The van der Waals surface area contributed by atoms with Gasteiger partial charge in [0.1, 0.15) is 0 Å². The molecule has 0 aromatic heterocycles. The fourth-order valence-electron chi connectivity index (χ4n) is 2.64. The lowest BCUT2D eigenvalue weighted by Crippen LogP contribution is -2.20. The van der Waals surface area contributed by atoms with E-state index < -0.39 is 20.6 Å². The first kappa shape index (κ1) is 16.1. The highest BCUT2D eigenvalue weighted by molar-refractivity contribution is 7.97. The standard InChI is InChI=1S/C17H17N3O3S/c1-20(2)12-9-7-11(8-10-12)19-15-13-5-3-4-6-14(13)24(22,23)16(15)17(18)21/h3-10,19H,1-2H3,(H2,18,21). The number of primary amides is 1. The minimum atomic E-state index is -3.90. The number of nitrogens with one attached hydrogen (secondary N) is 1. The molecule has 24 heavy (non-hydrogen) atoms. The van der Waals surface area contributed by atoms with E-state index in [4.69, 9.17) is 5.73 Å². The van der Waals surface area contributed by atoms with Crippen molar-refractivity contribution < 1.29 is 13.2 Å². The van der Waals surface area contributed by atoms with Gasteiger partial charge >= 0.3 is 0 Å². The smallest absolute Gasteiger partial charge is 0.262 e. The predicted molar refractivity (Wildman–Crippen MR) is 94.1 cm³/mol. The van der Waals surface area contributed by atoms with Crippen molar-refractivity contribution in [3.8, 4) is 0 Å². The summed E-state index contributed by atoms with van der Waals surface area (Å²) in [5.74, 6) is -0.974. The number of sulfone groups is 1. The number of rotatable bonds is 4. The van der Waals surface area contributed by atoms with Gasteiger partial charge in [0.05, 0.1) is 10.6 Å². The van der Waals surface area contributed by atoms with Crippen LogP contribution in [0.1, 0.15) is 5.56 Å². The van der Waals surface area contributed by atoms with Crippen LogP contribution in [0.15, 0.2) is 58.3 Å². The van der Waals surface area contributed by atoms with Crippen LogP contribution in [-0.4, -0.2) is 28.4 Å². The van der Waals surface area contributed by atoms with Crippen molar-refractivity contribution in [1.82, 2.24) is 0 Å². The van der Waals surface area contributed by atoms with Crippen LogP contribution in [0.5, 0.6) is 0 Å². The van der Waals surface area contributed by atoms with E-state index in [0.717, 1.165) is 5.69 Å². The number of carbonyl (C=O) groups is 1. The lowest BCUT2D eigenvalue weighted by molar-refractivity contribution is -0.113. The van der Waals surface area contributed by atoms with Crippen LogP contribution in [0.4, 0.5) is 11.4 Å². The van der Waals surface area contributed by atoms with Gasteiger partial charge in [0, 0.05) is 31.0 Å². The van der Waals surface area contributed by atoms with Crippen LogP contribution in [0.25, 0.3) is 5.70 Å². The van der Waals surface area contributed by atoms with E-state index >= 15 is 0 Å². The number of benzene rings is 2. The number of nitrogens with two attached hydrogens (primary N) is 1. The Balaban J connectivity index is 2.10. The van der Waals surface area contributed by atoms with Gasteiger partial charge in [0.15, 0.2) is 4.91 Å². The fourth-order valence-corrected chi connectivity index (χ4v) is 4.27. The van der Waals surface area contributed by atoms with Gasteiger partial charge in [0.2, 0.25) is 9.84 Å². The Bertz CT molecular complexity index is 945. The van der Waals surface area contributed by atoms with Crippen molar-refractivity contribution in [3.63, 3.8) is 0 Å². The Labute approximate surface area is 140 Å². The fraction of sp³-hybridized carbons (Fsp3) is 0.118. The van der Waals surface area contributed by atoms with E-state index in [-0.39, 0.29) is 10.6 Å². The Hall–Kier alpha value is -2.80. The third-order valence-corrected chi connectivity index (χ3v) is 5.70. The SMILES string of the molecule is CN(C)c1ccc(NC2=C(C(N)=O)S(=O)(=O)c3ccccc32)cc1. The summed E-state index contributed by atoms with van der Waals surface area (Å²) in [6, 6.07) is 13.9. The average Bonchev–Trinajstić information content (AvgIpc) is 2.76. The molecule has 1 heterocycles. The van der Waals surface area contributed by atoms with Crippen LogP contribution >= 0.6 is 0 Å². The van der Waals surface area contributed by atoms with Crippen LogP contribution in [0.2, 0.25) is 0 Å². The molecule has 124 valence electrons. The Morgan fingerprint density at radius 2 is 1.67 bits per heavy atom. The van der Waals surface area contributed by atoms with Gasteiger partial charge in [-0.25, -0.2) is 8.42 Å². The molecule has 0 spiro atoms. The molecule has 0 unspecified atom stereocenters. The Morgan fingerprint density at radius 3 is 2.25 bits per heavy atom. The normalized spacial score (nSPS) is 15.1. The van der Waals surface area contributed by atoms with Gasteiger partial charge in [-0.3, -0.25) is 4.79 Å². The van der Waals surface area contributed by atoms with Crippen molar-refractivity contribution in [2.75, 3.05) is 24.3 Å². The summed E-state index contributed by atoms with van der Waals surface area (Å²) in [7, 11) is -0.0491. The highest BCUT2D eigenvalue weighted by Crippen LogP contribution is 2.39. The molecule has 0 atom stereocenters. The number of hydrogen-bond acceptors (Lipinski definition) is 5. The maximum Gasteiger partial charge on any atom is 0.262 e. The number of fused-ring (bicyclic) bond motifs is 1. The summed E-state index contributed by atoms with van der Waals surface area (Å²) in [5, 5.41) is 3.03. The third-order valence-electron chi connectivity index (χ3n) is 3.82. The first-order valence-electron chi connectivity index (χ1n) is 7.25. The number of carbonyl (C=O) groups excluding carboxylic acids is 1. The zero-order chi connectivity index (χ0) is 17.5. The minimum Gasteiger partial charge on any atom is -0.378 e. The lowest BCUT2D eigenvalue weighted by atomic mass is 10.1. The number of amides is 1. The number of hydrogen-bond donors (Lipinski definition) is 2. The average molecular weight is 343 g/mol. The predicted octanol–water partition coefficient (Wildman–Crippen LogP) is 1.81.